The topological polar surface area (TPSA) is 73.1 Å². The molecule has 1 amide bonds. The minimum atomic E-state index is -0.338. The van der Waals surface area contributed by atoms with Crippen LogP contribution in [0.5, 0.6) is 17.4 Å². The Labute approximate surface area is 207 Å². The molecule has 0 aliphatic carbocycles. The zero-order valence-corrected chi connectivity index (χ0v) is 20.9. The van der Waals surface area contributed by atoms with Crippen molar-refractivity contribution in [2.75, 3.05) is 13.7 Å². The molecule has 2 aromatic heterocycles. The number of fused-ring (bicyclic) bond motifs is 1. The van der Waals surface area contributed by atoms with E-state index in [1.807, 2.05) is 19.1 Å². The Morgan fingerprint density at radius 1 is 1.12 bits per heavy atom. The summed E-state index contributed by atoms with van der Waals surface area (Å²) in [6.45, 7) is 4.54. The van der Waals surface area contributed by atoms with Crippen LogP contribution >= 0.6 is 24.0 Å². The first-order chi connectivity index (χ1) is 16.4. The van der Waals surface area contributed by atoms with Gasteiger partial charge in [0.15, 0.2) is 11.5 Å². The van der Waals surface area contributed by atoms with Gasteiger partial charge in [0.1, 0.15) is 15.5 Å². The molecule has 1 fully saturated rings. The molecular weight excluding hydrogens is 470 g/mol. The van der Waals surface area contributed by atoms with Crippen molar-refractivity contribution in [3.05, 3.63) is 69.0 Å². The van der Waals surface area contributed by atoms with E-state index in [4.69, 9.17) is 21.7 Å². The minimum absolute atomic E-state index is 0.0973. The van der Waals surface area contributed by atoms with Crippen LogP contribution in [0.25, 0.3) is 11.7 Å². The Morgan fingerprint density at radius 3 is 2.62 bits per heavy atom. The van der Waals surface area contributed by atoms with Crippen molar-refractivity contribution in [2.45, 2.75) is 33.1 Å². The maximum Gasteiger partial charge on any atom is 0.269 e. The zero-order chi connectivity index (χ0) is 24.2. The third-order valence-electron chi connectivity index (χ3n) is 5.46. The Bertz CT molecular complexity index is 1350. The van der Waals surface area contributed by atoms with Crippen molar-refractivity contribution in [3.63, 3.8) is 0 Å². The molecule has 176 valence electrons. The molecule has 4 rings (SSSR count). The van der Waals surface area contributed by atoms with Gasteiger partial charge in [-0.1, -0.05) is 61.9 Å². The average Bonchev–Trinajstić information content (AvgIpc) is 3.10. The highest BCUT2D eigenvalue weighted by atomic mass is 32.2. The number of amides is 1. The highest BCUT2D eigenvalue weighted by Crippen LogP contribution is 2.36. The quantitative estimate of drug-likeness (QED) is 0.242. The number of hydrogen-bond donors (Lipinski definition) is 0. The third kappa shape index (κ3) is 4.71. The molecule has 0 spiro atoms. The van der Waals surface area contributed by atoms with Gasteiger partial charge in [-0.3, -0.25) is 18.9 Å². The van der Waals surface area contributed by atoms with E-state index in [2.05, 4.69) is 11.9 Å². The lowest BCUT2D eigenvalue weighted by Gasteiger charge is -2.14. The smallest absolute Gasteiger partial charge is 0.269 e. The number of ether oxygens (including phenoxy) is 2. The molecule has 1 aliphatic rings. The van der Waals surface area contributed by atoms with Crippen molar-refractivity contribution in [2.24, 2.45) is 0 Å². The molecular formula is C25H25N3O4S2. The summed E-state index contributed by atoms with van der Waals surface area (Å²) in [7, 11) is 1.54. The standard InChI is InChI=1S/C25H25N3O4S2/c1-4-5-8-13-28-24(30)20(34-25(28)33)15-17-22(32-19-12-7-6-11-18(19)31-3)26-21-16(2)10-9-14-27(21)23(17)29/h6-7,9-12,14-15H,4-5,8,13H2,1-3H3/b20-15+. The van der Waals surface area contributed by atoms with Gasteiger partial charge < -0.3 is 9.47 Å². The molecule has 0 bridgehead atoms. The number of para-hydroxylation sites is 2. The first kappa shape index (κ1) is 24.0. The van der Waals surface area contributed by atoms with Crippen molar-refractivity contribution in [3.8, 4) is 17.4 Å². The second kappa shape index (κ2) is 10.4. The van der Waals surface area contributed by atoms with Gasteiger partial charge in [-0.25, -0.2) is 0 Å². The van der Waals surface area contributed by atoms with E-state index in [0.717, 1.165) is 24.8 Å². The second-order valence-corrected chi connectivity index (χ2v) is 9.49. The van der Waals surface area contributed by atoms with E-state index in [1.54, 1.807) is 42.5 Å². The van der Waals surface area contributed by atoms with Gasteiger partial charge in [0.05, 0.1) is 12.0 Å². The normalized spacial score (nSPS) is 14.9. The molecule has 0 unspecified atom stereocenters. The van der Waals surface area contributed by atoms with E-state index < -0.39 is 0 Å². The molecule has 0 radical (unpaired) electrons. The van der Waals surface area contributed by atoms with Gasteiger partial charge in [0.25, 0.3) is 11.5 Å². The molecule has 0 atom stereocenters. The number of carbonyl (C=O) groups is 1. The van der Waals surface area contributed by atoms with E-state index in [9.17, 15) is 9.59 Å². The molecule has 34 heavy (non-hydrogen) atoms. The summed E-state index contributed by atoms with van der Waals surface area (Å²) in [6.07, 6.45) is 6.12. The summed E-state index contributed by atoms with van der Waals surface area (Å²) in [6, 6.07) is 10.8. The van der Waals surface area contributed by atoms with Crippen molar-refractivity contribution < 1.29 is 14.3 Å². The Balaban J connectivity index is 1.82. The van der Waals surface area contributed by atoms with Gasteiger partial charge in [-0.15, -0.1) is 0 Å². The lowest BCUT2D eigenvalue weighted by Crippen LogP contribution is -2.29. The minimum Gasteiger partial charge on any atom is -0.493 e. The number of rotatable bonds is 8. The molecule has 7 nitrogen and oxygen atoms in total. The zero-order valence-electron chi connectivity index (χ0n) is 19.2. The first-order valence-electron chi connectivity index (χ1n) is 11.0. The van der Waals surface area contributed by atoms with Crippen molar-refractivity contribution in [1.29, 1.82) is 0 Å². The van der Waals surface area contributed by atoms with Gasteiger partial charge in [0.2, 0.25) is 5.88 Å². The summed E-state index contributed by atoms with van der Waals surface area (Å²) in [5.74, 6) is 0.808. The predicted molar refractivity (Wildman–Crippen MR) is 139 cm³/mol. The van der Waals surface area contributed by atoms with Crippen LogP contribution in [0.3, 0.4) is 0 Å². The fraction of sp³-hybridized carbons (Fsp3) is 0.280. The fourth-order valence-electron chi connectivity index (χ4n) is 3.64. The number of aromatic nitrogens is 2. The lowest BCUT2D eigenvalue weighted by molar-refractivity contribution is -0.122. The number of hydrogen-bond acceptors (Lipinski definition) is 7. The third-order valence-corrected chi connectivity index (χ3v) is 6.84. The Kier molecular flexibility index (Phi) is 7.33. The van der Waals surface area contributed by atoms with Crippen LogP contribution in [-0.4, -0.2) is 38.2 Å². The van der Waals surface area contributed by atoms with Crippen LogP contribution in [0, 0.1) is 6.92 Å². The van der Waals surface area contributed by atoms with Crippen LogP contribution < -0.4 is 15.0 Å². The molecule has 1 aliphatic heterocycles. The largest absolute Gasteiger partial charge is 0.493 e. The van der Waals surface area contributed by atoms with Crippen LogP contribution in [0.1, 0.15) is 37.3 Å². The number of thioether (sulfide) groups is 1. The maximum absolute atomic E-state index is 13.5. The average molecular weight is 496 g/mol. The lowest BCUT2D eigenvalue weighted by atomic mass is 10.2. The van der Waals surface area contributed by atoms with Gasteiger partial charge in [-0.2, -0.15) is 4.98 Å². The maximum atomic E-state index is 13.5. The Hall–Kier alpha value is -3.17. The summed E-state index contributed by atoms with van der Waals surface area (Å²) >= 11 is 6.63. The number of nitrogens with zero attached hydrogens (tertiary/aromatic N) is 3. The molecule has 3 aromatic rings. The second-order valence-electron chi connectivity index (χ2n) is 7.81. The number of aryl methyl sites for hydroxylation is 1. The predicted octanol–water partition coefficient (Wildman–Crippen LogP) is 5.20. The molecule has 0 saturated carbocycles. The molecule has 0 N–H and O–H groups in total. The van der Waals surface area contributed by atoms with Crippen LogP contribution in [0.2, 0.25) is 0 Å². The number of pyridine rings is 1. The molecule has 1 aromatic carbocycles. The highest BCUT2D eigenvalue weighted by Gasteiger charge is 2.32. The van der Waals surface area contributed by atoms with E-state index in [0.29, 0.717) is 32.9 Å². The molecule has 1 saturated heterocycles. The summed E-state index contributed by atoms with van der Waals surface area (Å²) in [4.78, 5) is 33.2. The van der Waals surface area contributed by atoms with Gasteiger partial charge in [0, 0.05) is 12.7 Å². The number of thiocarbonyl (C=S) groups is 1. The SMILES string of the molecule is CCCCCN1C(=O)/C(=C\c2c(Oc3ccccc3OC)nc3c(C)cccn3c2=O)SC1=S. The molecule has 3 heterocycles. The summed E-state index contributed by atoms with van der Waals surface area (Å²) in [5.41, 5.74) is 1.12. The Morgan fingerprint density at radius 2 is 1.88 bits per heavy atom. The van der Waals surface area contributed by atoms with Gasteiger partial charge in [-0.05, 0) is 43.2 Å². The number of carbonyl (C=O) groups excluding carboxylic acids is 1. The van der Waals surface area contributed by atoms with Crippen LogP contribution in [0.15, 0.2) is 52.3 Å². The van der Waals surface area contributed by atoms with Crippen LogP contribution in [0.4, 0.5) is 0 Å². The summed E-state index contributed by atoms with van der Waals surface area (Å²) in [5, 5.41) is 0. The number of unbranched alkanes of at least 4 members (excludes halogenated alkanes) is 2. The number of benzene rings is 1. The fourth-order valence-corrected chi connectivity index (χ4v) is 4.93. The van der Waals surface area contributed by atoms with E-state index in [-0.39, 0.29) is 22.9 Å². The summed E-state index contributed by atoms with van der Waals surface area (Å²) < 4.78 is 13.4. The number of methoxy groups -OCH3 is 1. The first-order valence-corrected chi connectivity index (χ1v) is 12.2. The van der Waals surface area contributed by atoms with Crippen molar-refractivity contribution in [1.82, 2.24) is 14.3 Å². The van der Waals surface area contributed by atoms with E-state index in [1.165, 1.54) is 22.2 Å². The van der Waals surface area contributed by atoms with Crippen molar-refractivity contribution >= 4 is 45.9 Å². The monoisotopic (exact) mass is 495 g/mol. The molecule has 9 heteroatoms. The van der Waals surface area contributed by atoms with E-state index >= 15 is 0 Å². The van der Waals surface area contributed by atoms with Crippen LogP contribution in [-0.2, 0) is 4.79 Å². The van der Waals surface area contributed by atoms with Gasteiger partial charge >= 0.3 is 0 Å². The highest BCUT2D eigenvalue weighted by molar-refractivity contribution is 8.26.